The van der Waals surface area contributed by atoms with E-state index in [2.05, 4.69) is 5.23 Å². The lowest BCUT2D eigenvalue weighted by molar-refractivity contribution is -0.143. The molecule has 1 saturated carbocycles. The third-order valence-electron chi connectivity index (χ3n) is 2.04. The Morgan fingerprint density at radius 1 is 1.73 bits per heavy atom. The molecule has 1 fully saturated rings. The highest BCUT2D eigenvalue weighted by molar-refractivity contribution is 6.45. The highest BCUT2D eigenvalue weighted by Gasteiger charge is 2.49. The zero-order valence-corrected chi connectivity index (χ0v) is 6.50. The van der Waals surface area contributed by atoms with Gasteiger partial charge in [0.25, 0.3) is 0 Å². The summed E-state index contributed by atoms with van der Waals surface area (Å²) in [4.78, 5) is 10.6. The van der Waals surface area contributed by atoms with Crippen LogP contribution in [-0.4, -0.2) is 29.7 Å². The van der Waals surface area contributed by atoms with Crippen molar-refractivity contribution in [3.05, 3.63) is 0 Å². The molecule has 0 aromatic carbocycles. The van der Waals surface area contributed by atoms with Crippen molar-refractivity contribution in [2.75, 3.05) is 6.54 Å². The Bertz CT molecular complexity index is 167. The molecule has 0 bridgehead atoms. The van der Waals surface area contributed by atoms with Crippen LogP contribution in [0.4, 0.5) is 0 Å². The van der Waals surface area contributed by atoms with Gasteiger partial charge in [-0.3, -0.25) is 4.79 Å². The Balaban J connectivity index is 2.31. The topological polar surface area (TPSA) is 69.6 Å². The molecule has 1 aliphatic rings. The summed E-state index contributed by atoms with van der Waals surface area (Å²) in [6.45, 7) is 1.96. The summed E-state index contributed by atoms with van der Waals surface area (Å²) < 4.78 is 0. The maximum atomic E-state index is 10.6. The minimum atomic E-state index is -0.759. The van der Waals surface area contributed by atoms with Crippen molar-refractivity contribution < 1.29 is 14.9 Å². The summed E-state index contributed by atoms with van der Waals surface area (Å²) in [6, 6.07) is 0. The second-order valence-electron chi connectivity index (χ2n) is 3.14. The van der Waals surface area contributed by atoms with Crippen molar-refractivity contribution in [2.45, 2.75) is 19.7 Å². The van der Waals surface area contributed by atoms with Gasteiger partial charge < -0.3 is 15.4 Å². The Morgan fingerprint density at radius 3 is 2.55 bits per heavy atom. The van der Waals surface area contributed by atoms with Crippen LogP contribution in [0.1, 0.15) is 12.8 Å². The van der Waals surface area contributed by atoms with Crippen LogP contribution in [0.2, 0.25) is 6.82 Å². The first-order chi connectivity index (χ1) is 5.07. The number of aliphatic carboxylic acids is 1. The van der Waals surface area contributed by atoms with Crippen molar-refractivity contribution >= 4 is 13.0 Å². The molecular weight excluding hydrogens is 145 g/mol. The van der Waals surface area contributed by atoms with Gasteiger partial charge in [-0.2, -0.15) is 0 Å². The molecule has 0 heterocycles. The average Bonchev–Trinajstić information content (AvgIpc) is 2.63. The molecule has 4 nitrogen and oxygen atoms in total. The molecule has 5 heteroatoms. The number of hydrogen-bond donors (Lipinski definition) is 3. The van der Waals surface area contributed by atoms with Gasteiger partial charge in [-0.15, -0.1) is 0 Å². The minimum absolute atomic E-state index is 0.375. The van der Waals surface area contributed by atoms with Crippen molar-refractivity contribution in [3.8, 4) is 0 Å². The Kier molecular flexibility index (Phi) is 2.20. The second-order valence-corrected chi connectivity index (χ2v) is 3.14. The second kappa shape index (κ2) is 2.83. The van der Waals surface area contributed by atoms with E-state index in [1.54, 1.807) is 6.82 Å². The van der Waals surface area contributed by atoms with E-state index in [1.165, 1.54) is 0 Å². The third-order valence-corrected chi connectivity index (χ3v) is 2.04. The lowest BCUT2D eigenvalue weighted by atomic mass is 9.87. The molecule has 0 aromatic heterocycles. The maximum absolute atomic E-state index is 10.6. The number of nitrogens with one attached hydrogen (secondary N) is 1. The van der Waals surface area contributed by atoms with Gasteiger partial charge in [0.1, 0.15) is 0 Å². The SMILES string of the molecule is CB(O)NCC1(C(=O)O)CC1. The van der Waals surface area contributed by atoms with Crippen LogP contribution >= 0.6 is 0 Å². The number of rotatable bonds is 4. The van der Waals surface area contributed by atoms with Crippen molar-refractivity contribution in [2.24, 2.45) is 5.41 Å². The van der Waals surface area contributed by atoms with Crippen molar-refractivity contribution in [1.29, 1.82) is 0 Å². The highest BCUT2D eigenvalue weighted by atomic mass is 16.4. The first kappa shape index (κ1) is 8.55. The zero-order chi connectivity index (χ0) is 8.48. The van der Waals surface area contributed by atoms with Crippen LogP contribution in [-0.2, 0) is 4.79 Å². The fourth-order valence-corrected chi connectivity index (χ4v) is 0.960. The van der Waals surface area contributed by atoms with Gasteiger partial charge in [0.05, 0.1) is 5.41 Å². The normalized spacial score (nSPS) is 19.5. The van der Waals surface area contributed by atoms with Crippen molar-refractivity contribution in [1.82, 2.24) is 5.23 Å². The number of carboxylic acid groups (broad SMARTS) is 1. The number of carboxylic acids is 1. The Hall–Kier alpha value is -0.545. The van der Waals surface area contributed by atoms with Crippen LogP contribution in [0.5, 0.6) is 0 Å². The van der Waals surface area contributed by atoms with E-state index in [0.29, 0.717) is 6.54 Å². The number of hydrogen-bond acceptors (Lipinski definition) is 3. The molecule has 62 valence electrons. The number of carbonyl (C=O) groups is 1. The molecular formula is C6H12BNO3. The standard InChI is InChI=1S/C6H12BNO3/c1-7(11)8-4-6(2-3-6)5(9)10/h8,11H,2-4H2,1H3,(H,9,10). The van der Waals surface area contributed by atoms with Gasteiger partial charge in [0, 0.05) is 6.54 Å². The Morgan fingerprint density at radius 2 is 2.27 bits per heavy atom. The molecule has 1 aliphatic carbocycles. The molecule has 0 unspecified atom stereocenters. The summed E-state index contributed by atoms with van der Waals surface area (Å²) in [5.74, 6) is -0.759. The van der Waals surface area contributed by atoms with Crippen LogP contribution in [0.3, 0.4) is 0 Å². The molecule has 0 radical (unpaired) electrons. The van der Waals surface area contributed by atoms with Gasteiger partial charge in [-0.25, -0.2) is 0 Å². The molecule has 0 atom stereocenters. The van der Waals surface area contributed by atoms with Gasteiger partial charge in [0.15, 0.2) is 0 Å². The highest BCUT2D eigenvalue weighted by Crippen LogP contribution is 2.45. The van der Waals surface area contributed by atoms with Crippen LogP contribution < -0.4 is 5.23 Å². The molecule has 0 spiro atoms. The quantitative estimate of drug-likeness (QED) is 0.483. The summed E-state index contributed by atoms with van der Waals surface area (Å²) in [5, 5.41) is 20.2. The van der Waals surface area contributed by atoms with E-state index in [9.17, 15) is 4.79 Å². The van der Waals surface area contributed by atoms with E-state index in [4.69, 9.17) is 10.1 Å². The van der Waals surface area contributed by atoms with Crippen LogP contribution in [0, 0.1) is 5.41 Å². The molecule has 11 heavy (non-hydrogen) atoms. The van der Waals surface area contributed by atoms with E-state index < -0.39 is 18.4 Å². The molecule has 0 aromatic rings. The van der Waals surface area contributed by atoms with Gasteiger partial charge in [0.2, 0.25) is 0 Å². The van der Waals surface area contributed by atoms with E-state index in [1.807, 2.05) is 0 Å². The molecule has 1 rings (SSSR count). The van der Waals surface area contributed by atoms with E-state index in [-0.39, 0.29) is 0 Å². The molecule has 0 saturated heterocycles. The van der Waals surface area contributed by atoms with Crippen LogP contribution in [0.25, 0.3) is 0 Å². The van der Waals surface area contributed by atoms with Gasteiger partial charge in [-0.05, 0) is 19.7 Å². The minimum Gasteiger partial charge on any atom is -0.481 e. The molecule has 0 aliphatic heterocycles. The van der Waals surface area contributed by atoms with E-state index >= 15 is 0 Å². The fourth-order valence-electron chi connectivity index (χ4n) is 0.960. The maximum Gasteiger partial charge on any atom is 0.373 e. The summed E-state index contributed by atoms with van der Waals surface area (Å²) in [7, 11) is -0.619. The lowest BCUT2D eigenvalue weighted by Crippen LogP contribution is -2.38. The first-order valence-corrected chi connectivity index (χ1v) is 3.72. The van der Waals surface area contributed by atoms with E-state index in [0.717, 1.165) is 12.8 Å². The third kappa shape index (κ3) is 1.94. The Labute approximate surface area is 65.7 Å². The lowest BCUT2D eigenvalue weighted by Gasteiger charge is -2.10. The zero-order valence-electron chi connectivity index (χ0n) is 6.50. The predicted molar refractivity (Wildman–Crippen MR) is 41.1 cm³/mol. The fraction of sp³-hybridized carbons (Fsp3) is 0.833. The summed E-state index contributed by atoms with van der Waals surface area (Å²) in [6.07, 6.45) is 1.45. The molecule has 3 N–H and O–H groups in total. The van der Waals surface area contributed by atoms with Gasteiger partial charge >= 0.3 is 13.0 Å². The summed E-state index contributed by atoms with van der Waals surface area (Å²) >= 11 is 0. The average molecular weight is 157 g/mol. The van der Waals surface area contributed by atoms with Crippen molar-refractivity contribution in [3.63, 3.8) is 0 Å². The summed E-state index contributed by atoms with van der Waals surface area (Å²) in [5.41, 5.74) is -0.572. The molecule has 0 amide bonds. The monoisotopic (exact) mass is 157 g/mol. The smallest absolute Gasteiger partial charge is 0.373 e. The predicted octanol–water partition coefficient (Wildman–Crippen LogP) is -0.449. The van der Waals surface area contributed by atoms with Gasteiger partial charge in [-0.1, -0.05) is 0 Å². The van der Waals surface area contributed by atoms with Crippen LogP contribution in [0.15, 0.2) is 0 Å². The largest absolute Gasteiger partial charge is 0.481 e. The first-order valence-electron chi connectivity index (χ1n) is 3.72.